The Labute approximate surface area is 97.6 Å². The van der Waals surface area contributed by atoms with Gasteiger partial charge in [0, 0.05) is 19.1 Å². The third-order valence-corrected chi connectivity index (χ3v) is 3.32. The van der Waals surface area contributed by atoms with Gasteiger partial charge in [-0.1, -0.05) is 6.92 Å². The molecule has 4 nitrogen and oxygen atoms in total. The number of carboxylic acid groups (broad SMARTS) is 1. The van der Waals surface area contributed by atoms with Crippen LogP contribution in [0.2, 0.25) is 0 Å². The van der Waals surface area contributed by atoms with Crippen molar-refractivity contribution >= 4 is 5.97 Å². The minimum Gasteiger partial charge on any atom is -0.481 e. The highest BCUT2D eigenvalue weighted by Crippen LogP contribution is 2.20. The molecule has 0 amide bonds. The molecule has 1 aliphatic heterocycles. The fraction of sp³-hybridized carbons (Fsp3) is 0.917. The fourth-order valence-electron chi connectivity index (χ4n) is 2.21. The van der Waals surface area contributed by atoms with E-state index in [1.807, 2.05) is 0 Å². The number of carbonyl (C=O) groups is 1. The Kier molecular flexibility index (Phi) is 5.77. The van der Waals surface area contributed by atoms with Crippen molar-refractivity contribution in [1.82, 2.24) is 4.90 Å². The highest BCUT2D eigenvalue weighted by atomic mass is 16.5. The molecule has 0 aromatic heterocycles. The molecule has 4 heteroatoms. The van der Waals surface area contributed by atoms with Crippen LogP contribution in [-0.2, 0) is 9.53 Å². The van der Waals surface area contributed by atoms with Crippen LogP contribution in [0.4, 0.5) is 0 Å². The van der Waals surface area contributed by atoms with Gasteiger partial charge in [0.1, 0.15) is 0 Å². The minimum absolute atomic E-state index is 0.269. The minimum atomic E-state index is -0.702. The first-order chi connectivity index (χ1) is 7.63. The second-order valence-electron chi connectivity index (χ2n) is 4.56. The van der Waals surface area contributed by atoms with E-state index in [2.05, 4.69) is 18.9 Å². The Morgan fingerprint density at radius 2 is 2.31 bits per heavy atom. The average Bonchev–Trinajstić information content (AvgIpc) is 2.28. The molecular formula is C12H23NO3. The molecule has 1 heterocycles. The molecule has 0 bridgehead atoms. The zero-order chi connectivity index (χ0) is 12.0. The highest BCUT2D eigenvalue weighted by molar-refractivity contribution is 5.66. The van der Waals surface area contributed by atoms with E-state index < -0.39 is 5.97 Å². The zero-order valence-electron chi connectivity index (χ0n) is 10.3. The molecule has 0 saturated carbocycles. The zero-order valence-corrected chi connectivity index (χ0v) is 10.3. The van der Waals surface area contributed by atoms with E-state index in [1.54, 1.807) is 0 Å². The van der Waals surface area contributed by atoms with E-state index in [-0.39, 0.29) is 6.42 Å². The lowest BCUT2D eigenvalue weighted by Gasteiger charge is -2.35. The molecule has 2 atom stereocenters. The lowest BCUT2D eigenvalue weighted by Crippen LogP contribution is -2.40. The molecule has 0 radical (unpaired) electrons. The average molecular weight is 229 g/mol. The first-order valence-electron chi connectivity index (χ1n) is 6.17. The second-order valence-corrected chi connectivity index (χ2v) is 4.56. The smallest absolute Gasteiger partial charge is 0.303 e. The van der Waals surface area contributed by atoms with E-state index in [9.17, 15) is 4.79 Å². The molecule has 0 aromatic rings. The van der Waals surface area contributed by atoms with Gasteiger partial charge >= 0.3 is 5.97 Å². The van der Waals surface area contributed by atoms with Crippen molar-refractivity contribution in [1.29, 1.82) is 0 Å². The summed E-state index contributed by atoms with van der Waals surface area (Å²) in [4.78, 5) is 12.7. The van der Waals surface area contributed by atoms with Crippen LogP contribution < -0.4 is 0 Å². The first kappa shape index (κ1) is 13.5. The Hall–Kier alpha value is -0.610. The van der Waals surface area contributed by atoms with Crippen LogP contribution in [0.1, 0.15) is 39.0 Å². The standard InChI is InChI=1S/C12H23NO3/c1-3-11-9-10(6-8-16-11)13(2)7-4-5-12(14)15/h10-11H,3-9H2,1-2H3,(H,14,15). The van der Waals surface area contributed by atoms with E-state index in [0.29, 0.717) is 12.1 Å². The van der Waals surface area contributed by atoms with Crippen LogP contribution in [0.3, 0.4) is 0 Å². The van der Waals surface area contributed by atoms with Crippen molar-refractivity contribution in [3.05, 3.63) is 0 Å². The van der Waals surface area contributed by atoms with Crippen molar-refractivity contribution < 1.29 is 14.6 Å². The quantitative estimate of drug-likeness (QED) is 0.753. The van der Waals surface area contributed by atoms with E-state index in [1.165, 1.54) is 0 Å². The largest absolute Gasteiger partial charge is 0.481 e. The second kappa shape index (κ2) is 6.86. The summed E-state index contributed by atoms with van der Waals surface area (Å²) in [6.45, 7) is 3.86. The van der Waals surface area contributed by atoms with Gasteiger partial charge in [0.2, 0.25) is 0 Å². The van der Waals surface area contributed by atoms with E-state index >= 15 is 0 Å². The molecular weight excluding hydrogens is 206 g/mol. The molecule has 1 N–H and O–H groups in total. The van der Waals surface area contributed by atoms with Gasteiger partial charge in [-0.3, -0.25) is 4.79 Å². The van der Waals surface area contributed by atoms with Crippen LogP contribution in [0.15, 0.2) is 0 Å². The maximum atomic E-state index is 10.4. The van der Waals surface area contributed by atoms with E-state index in [0.717, 1.165) is 38.8 Å². The monoisotopic (exact) mass is 229 g/mol. The molecule has 0 aliphatic carbocycles. The predicted octanol–water partition coefficient (Wildman–Crippen LogP) is 1.74. The summed E-state index contributed by atoms with van der Waals surface area (Å²) in [5.74, 6) is -0.702. The van der Waals surface area contributed by atoms with Crippen molar-refractivity contribution in [2.24, 2.45) is 0 Å². The van der Waals surface area contributed by atoms with Gasteiger partial charge in [0.25, 0.3) is 0 Å². The molecule has 0 aromatic carbocycles. The third kappa shape index (κ3) is 4.49. The number of aliphatic carboxylic acids is 1. The Morgan fingerprint density at radius 1 is 1.56 bits per heavy atom. The summed E-state index contributed by atoms with van der Waals surface area (Å²) in [6.07, 6.45) is 4.62. The van der Waals surface area contributed by atoms with Gasteiger partial charge in [-0.2, -0.15) is 0 Å². The first-order valence-corrected chi connectivity index (χ1v) is 6.17. The van der Waals surface area contributed by atoms with Gasteiger partial charge in [-0.05, 0) is 39.3 Å². The number of rotatable bonds is 6. The maximum Gasteiger partial charge on any atom is 0.303 e. The summed E-state index contributed by atoms with van der Waals surface area (Å²) in [6, 6.07) is 0.562. The van der Waals surface area contributed by atoms with E-state index in [4.69, 9.17) is 9.84 Å². The van der Waals surface area contributed by atoms with Crippen LogP contribution in [0.5, 0.6) is 0 Å². The normalized spacial score (nSPS) is 25.9. The number of carboxylic acids is 1. The van der Waals surface area contributed by atoms with Crippen LogP contribution in [0.25, 0.3) is 0 Å². The predicted molar refractivity (Wildman–Crippen MR) is 62.6 cm³/mol. The van der Waals surface area contributed by atoms with Crippen molar-refractivity contribution in [3.63, 3.8) is 0 Å². The Morgan fingerprint density at radius 3 is 2.94 bits per heavy atom. The van der Waals surface area contributed by atoms with Gasteiger partial charge in [0.05, 0.1) is 6.10 Å². The molecule has 16 heavy (non-hydrogen) atoms. The summed E-state index contributed by atoms with van der Waals surface area (Å²) >= 11 is 0. The Bertz CT molecular complexity index is 220. The molecule has 1 rings (SSSR count). The van der Waals surface area contributed by atoms with Crippen LogP contribution in [-0.4, -0.2) is 48.3 Å². The molecule has 1 saturated heterocycles. The van der Waals surface area contributed by atoms with Gasteiger partial charge in [0.15, 0.2) is 0 Å². The molecule has 2 unspecified atom stereocenters. The number of ether oxygens (including phenoxy) is 1. The molecule has 0 spiro atoms. The van der Waals surface area contributed by atoms with Crippen molar-refractivity contribution in [2.75, 3.05) is 20.2 Å². The lowest BCUT2D eigenvalue weighted by atomic mass is 10.00. The lowest BCUT2D eigenvalue weighted by molar-refractivity contribution is -0.137. The summed E-state index contributed by atoms with van der Waals surface area (Å²) < 4.78 is 5.63. The maximum absolute atomic E-state index is 10.4. The number of hydrogen-bond acceptors (Lipinski definition) is 3. The SMILES string of the molecule is CCC1CC(N(C)CCCC(=O)O)CCO1. The van der Waals surface area contributed by atoms with Crippen LogP contribution in [0, 0.1) is 0 Å². The van der Waals surface area contributed by atoms with Gasteiger partial charge in [-0.25, -0.2) is 0 Å². The van der Waals surface area contributed by atoms with Gasteiger partial charge in [-0.15, -0.1) is 0 Å². The highest BCUT2D eigenvalue weighted by Gasteiger charge is 2.24. The van der Waals surface area contributed by atoms with Crippen molar-refractivity contribution in [2.45, 2.75) is 51.2 Å². The summed E-state index contributed by atoms with van der Waals surface area (Å²) in [7, 11) is 2.09. The molecule has 94 valence electrons. The third-order valence-electron chi connectivity index (χ3n) is 3.32. The van der Waals surface area contributed by atoms with Crippen molar-refractivity contribution in [3.8, 4) is 0 Å². The number of nitrogens with zero attached hydrogens (tertiary/aromatic N) is 1. The van der Waals surface area contributed by atoms with Crippen LogP contribution >= 0.6 is 0 Å². The summed E-state index contributed by atoms with van der Waals surface area (Å²) in [5, 5.41) is 8.58. The fourth-order valence-corrected chi connectivity index (χ4v) is 2.21. The topological polar surface area (TPSA) is 49.8 Å². The molecule has 1 aliphatic rings. The Balaban J connectivity index is 2.24. The number of hydrogen-bond donors (Lipinski definition) is 1. The molecule has 1 fully saturated rings. The summed E-state index contributed by atoms with van der Waals surface area (Å²) in [5.41, 5.74) is 0. The van der Waals surface area contributed by atoms with Gasteiger partial charge < -0.3 is 14.7 Å².